The molecule has 10 heteroatoms. The third kappa shape index (κ3) is 4.88. The van der Waals surface area contributed by atoms with Gasteiger partial charge in [-0.25, -0.2) is 19.3 Å². The molecule has 0 aliphatic heterocycles. The molecule has 0 aliphatic carbocycles. The van der Waals surface area contributed by atoms with E-state index < -0.39 is 5.82 Å². The van der Waals surface area contributed by atoms with Gasteiger partial charge in [-0.15, -0.1) is 0 Å². The van der Waals surface area contributed by atoms with E-state index in [1.807, 2.05) is 36.7 Å². The summed E-state index contributed by atoms with van der Waals surface area (Å²) in [5.74, 6) is -0.214. The third-order valence-corrected chi connectivity index (χ3v) is 6.85. The lowest BCUT2D eigenvalue weighted by Gasteiger charge is -2.07. The second-order valence-electron chi connectivity index (χ2n) is 9.70. The van der Waals surface area contributed by atoms with Crippen LogP contribution in [0.15, 0.2) is 91.5 Å². The zero-order chi connectivity index (χ0) is 27.8. The van der Waals surface area contributed by atoms with E-state index >= 15 is 0 Å². The van der Waals surface area contributed by atoms with Gasteiger partial charge in [0.25, 0.3) is 0 Å². The molecule has 5 aromatic heterocycles. The molecular weight excluding hydrogens is 519 g/mol. The van der Waals surface area contributed by atoms with E-state index in [1.54, 1.807) is 18.5 Å². The van der Waals surface area contributed by atoms with Crippen molar-refractivity contribution in [1.29, 1.82) is 0 Å². The second-order valence-corrected chi connectivity index (χ2v) is 9.70. The number of aromatic amines is 2. The Morgan fingerprint density at radius 1 is 0.805 bits per heavy atom. The number of phenolic OH excluding ortho intramolecular Hbond substituents is 1. The Balaban J connectivity index is 1.21. The topological polar surface area (TPSA) is 128 Å². The first-order chi connectivity index (χ1) is 20.1. The Hall–Kier alpha value is -5.48. The molecule has 7 aromatic rings. The zero-order valence-corrected chi connectivity index (χ0v) is 21.6. The number of nitrogens with one attached hydrogen (secondary N) is 3. The summed E-state index contributed by atoms with van der Waals surface area (Å²) in [6.07, 6.45) is 7.07. The van der Waals surface area contributed by atoms with Gasteiger partial charge < -0.3 is 15.4 Å². The van der Waals surface area contributed by atoms with Crippen molar-refractivity contribution in [3.8, 4) is 39.5 Å². The van der Waals surface area contributed by atoms with Crippen LogP contribution < -0.4 is 5.32 Å². The van der Waals surface area contributed by atoms with Crippen molar-refractivity contribution in [2.24, 2.45) is 0 Å². The van der Waals surface area contributed by atoms with Gasteiger partial charge in [-0.1, -0.05) is 30.3 Å². The predicted molar refractivity (Wildman–Crippen MR) is 154 cm³/mol. The normalized spacial score (nSPS) is 11.4. The molecule has 0 atom stereocenters. The van der Waals surface area contributed by atoms with Crippen LogP contribution in [-0.2, 0) is 13.1 Å². The fourth-order valence-corrected chi connectivity index (χ4v) is 4.92. The van der Waals surface area contributed by atoms with Crippen LogP contribution in [-0.4, -0.2) is 40.2 Å². The number of nitrogens with zero attached hydrogens (tertiary/aromatic N) is 5. The molecule has 9 nitrogen and oxygen atoms in total. The lowest BCUT2D eigenvalue weighted by molar-refractivity contribution is 0.469. The van der Waals surface area contributed by atoms with Gasteiger partial charge in [0.1, 0.15) is 22.8 Å². The Morgan fingerprint density at radius 3 is 2.54 bits per heavy atom. The van der Waals surface area contributed by atoms with E-state index in [-0.39, 0.29) is 5.75 Å². The number of pyridine rings is 3. The molecule has 0 amide bonds. The molecule has 2 aromatic carbocycles. The number of aromatic hydroxyl groups is 1. The van der Waals surface area contributed by atoms with Gasteiger partial charge in [0.2, 0.25) is 0 Å². The average Bonchev–Trinajstić information content (AvgIpc) is 3.61. The zero-order valence-electron chi connectivity index (χ0n) is 21.6. The highest BCUT2D eigenvalue weighted by Gasteiger charge is 2.17. The molecule has 0 spiro atoms. The molecule has 0 aliphatic rings. The fraction of sp³-hybridized carbons (Fsp3) is 0.0645. The summed E-state index contributed by atoms with van der Waals surface area (Å²) in [5.41, 5.74) is 7.48. The van der Waals surface area contributed by atoms with Crippen molar-refractivity contribution in [2.45, 2.75) is 13.1 Å². The van der Waals surface area contributed by atoms with Crippen LogP contribution in [0.25, 0.3) is 56.0 Å². The summed E-state index contributed by atoms with van der Waals surface area (Å²) >= 11 is 0. The summed E-state index contributed by atoms with van der Waals surface area (Å²) in [4.78, 5) is 21.4. The number of phenols is 1. The maximum Gasteiger partial charge on any atom is 0.161 e. The SMILES string of the molecule is Oc1cc(F)cc(-c2ccnc3[nH]c(-c4n[nH]c5ncc(-c6cncc(CNCc7ccccc7)c6)cc45)nc23)c1. The standard InChI is InChI=1S/C31H23FN8O/c32-23-9-20(10-24(41)12-23)25-6-7-35-30-27(25)37-31(38-30)28-26-11-22(17-36-29(26)40-39-28)21-8-19(15-34-16-21)14-33-13-18-4-2-1-3-5-18/h1-12,15-17,33,41H,13-14H2,(H,35,37,38)(H,36,39,40). The van der Waals surface area contributed by atoms with E-state index in [4.69, 9.17) is 4.98 Å². The Labute approximate surface area is 233 Å². The van der Waals surface area contributed by atoms with Crippen LogP contribution in [0.5, 0.6) is 5.75 Å². The number of imidazole rings is 1. The fourth-order valence-electron chi connectivity index (χ4n) is 4.92. The smallest absolute Gasteiger partial charge is 0.161 e. The summed E-state index contributed by atoms with van der Waals surface area (Å²) < 4.78 is 14.0. The lowest BCUT2D eigenvalue weighted by Crippen LogP contribution is -2.12. The van der Waals surface area contributed by atoms with Crippen molar-refractivity contribution in [2.75, 3.05) is 0 Å². The third-order valence-electron chi connectivity index (χ3n) is 6.85. The monoisotopic (exact) mass is 542 g/mol. The number of H-pyrrole nitrogens is 2. The molecule has 0 saturated heterocycles. The van der Waals surface area contributed by atoms with Gasteiger partial charge in [-0.05, 0) is 47.0 Å². The van der Waals surface area contributed by atoms with Gasteiger partial charge in [0.05, 0.1) is 5.39 Å². The van der Waals surface area contributed by atoms with Gasteiger partial charge in [0, 0.05) is 60.6 Å². The minimum atomic E-state index is -0.539. The molecule has 0 fully saturated rings. The molecule has 4 N–H and O–H groups in total. The number of aromatic nitrogens is 7. The molecular formula is C31H23FN8O. The maximum atomic E-state index is 14.0. The highest BCUT2D eigenvalue weighted by Crippen LogP contribution is 2.33. The van der Waals surface area contributed by atoms with Crippen molar-refractivity contribution in [3.63, 3.8) is 0 Å². The van der Waals surface area contributed by atoms with Crippen LogP contribution in [0.4, 0.5) is 4.39 Å². The minimum absolute atomic E-state index is 0.164. The minimum Gasteiger partial charge on any atom is -0.508 e. The summed E-state index contributed by atoms with van der Waals surface area (Å²) in [6, 6.07) is 20.0. The van der Waals surface area contributed by atoms with Gasteiger partial charge in [-0.2, -0.15) is 5.10 Å². The molecule has 0 unspecified atom stereocenters. The summed E-state index contributed by atoms with van der Waals surface area (Å²) in [7, 11) is 0. The molecule has 0 radical (unpaired) electrons. The Bertz CT molecular complexity index is 2000. The highest BCUT2D eigenvalue weighted by molar-refractivity contribution is 5.96. The van der Waals surface area contributed by atoms with Crippen LogP contribution >= 0.6 is 0 Å². The van der Waals surface area contributed by atoms with Crippen molar-refractivity contribution < 1.29 is 9.50 Å². The summed E-state index contributed by atoms with van der Waals surface area (Å²) in [5, 5.41) is 21.6. The summed E-state index contributed by atoms with van der Waals surface area (Å²) in [6.45, 7) is 1.45. The molecule has 0 bridgehead atoms. The van der Waals surface area contributed by atoms with Gasteiger partial charge >= 0.3 is 0 Å². The van der Waals surface area contributed by atoms with Crippen molar-refractivity contribution in [1.82, 2.24) is 40.4 Å². The number of hydrogen-bond acceptors (Lipinski definition) is 7. The number of halogens is 1. The van der Waals surface area contributed by atoms with E-state index in [0.29, 0.717) is 46.0 Å². The maximum absolute atomic E-state index is 14.0. The first kappa shape index (κ1) is 24.6. The van der Waals surface area contributed by atoms with Crippen molar-refractivity contribution in [3.05, 3.63) is 108 Å². The second kappa shape index (κ2) is 10.2. The first-order valence-electron chi connectivity index (χ1n) is 13.0. The van der Waals surface area contributed by atoms with Crippen LogP contribution in [0.2, 0.25) is 0 Å². The number of fused-ring (bicyclic) bond motifs is 2. The van der Waals surface area contributed by atoms with Gasteiger partial charge in [-0.3, -0.25) is 10.1 Å². The largest absolute Gasteiger partial charge is 0.508 e. The van der Waals surface area contributed by atoms with Crippen molar-refractivity contribution >= 4 is 22.2 Å². The highest BCUT2D eigenvalue weighted by atomic mass is 19.1. The van der Waals surface area contributed by atoms with Gasteiger partial charge in [0.15, 0.2) is 17.1 Å². The predicted octanol–water partition coefficient (Wildman–Crippen LogP) is 5.76. The Morgan fingerprint density at radius 2 is 1.66 bits per heavy atom. The number of rotatable bonds is 7. The lowest BCUT2D eigenvalue weighted by atomic mass is 10.1. The molecule has 41 heavy (non-hydrogen) atoms. The van der Waals surface area contributed by atoms with E-state index in [9.17, 15) is 9.50 Å². The average molecular weight is 543 g/mol. The molecule has 5 heterocycles. The quantitative estimate of drug-likeness (QED) is 0.202. The molecule has 200 valence electrons. The molecule has 7 rings (SSSR count). The van der Waals surface area contributed by atoms with E-state index in [1.165, 1.54) is 17.7 Å². The first-order valence-corrected chi connectivity index (χ1v) is 13.0. The molecule has 0 saturated carbocycles. The Kier molecular flexibility index (Phi) is 6.14. The number of benzene rings is 2. The van der Waals surface area contributed by atoms with E-state index in [2.05, 4.69) is 53.6 Å². The van der Waals surface area contributed by atoms with E-state index in [0.717, 1.165) is 34.7 Å². The van der Waals surface area contributed by atoms with Crippen LogP contribution in [0.3, 0.4) is 0 Å². The van der Waals surface area contributed by atoms with Crippen LogP contribution in [0.1, 0.15) is 11.1 Å². The van der Waals surface area contributed by atoms with Crippen LogP contribution in [0, 0.1) is 5.82 Å². The number of hydrogen-bond donors (Lipinski definition) is 4.